The zero-order chi connectivity index (χ0) is 26.2. The summed E-state index contributed by atoms with van der Waals surface area (Å²) in [6.07, 6.45) is 3.22. The van der Waals surface area contributed by atoms with Gasteiger partial charge in [0, 0.05) is 16.5 Å². The number of anilines is 1. The number of carbonyl (C=O) groups excluding carboxylic acids is 1. The van der Waals surface area contributed by atoms with Crippen LogP contribution < -0.4 is 19.5 Å². The number of methoxy groups -OCH3 is 1. The van der Waals surface area contributed by atoms with Crippen LogP contribution in [0.4, 0.5) is 5.13 Å². The predicted molar refractivity (Wildman–Crippen MR) is 150 cm³/mol. The zero-order valence-electron chi connectivity index (χ0n) is 21.4. The van der Waals surface area contributed by atoms with E-state index in [1.54, 1.807) is 13.2 Å². The van der Waals surface area contributed by atoms with E-state index in [0.717, 1.165) is 33.0 Å². The average Bonchev–Trinajstić information content (AvgIpc) is 3.27. The molecule has 0 spiro atoms. The highest BCUT2D eigenvalue weighted by molar-refractivity contribution is 7.16. The second kappa shape index (κ2) is 12.2. The first-order chi connectivity index (χ1) is 18.0. The molecule has 0 aliphatic carbocycles. The van der Waals surface area contributed by atoms with Crippen LogP contribution in [0.2, 0.25) is 0 Å². The molecule has 0 fully saturated rings. The molecule has 3 aromatic carbocycles. The van der Waals surface area contributed by atoms with Crippen LogP contribution >= 0.6 is 11.3 Å². The van der Waals surface area contributed by atoms with Crippen molar-refractivity contribution in [2.45, 2.75) is 27.4 Å². The Bertz CT molecular complexity index is 1390. The number of nitrogens with one attached hydrogen (secondary N) is 1. The molecular weight excluding hydrogens is 484 g/mol. The number of aryl methyl sites for hydroxylation is 2. The molecule has 190 valence electrons. The van der Waals surface area contributed by atoms with Crippen molar-refractivity contribution in [3.05, 3.63) is 94.4 Å². The molecule has 6 nitrogen and oxygen atoms in total. The van der Waals surface area contributed by atoms with Gasteiger partial charge in [0.25, 0.3) is 0 Å². The number of nitrogens with zero attached hydrogens (tertiary/aromatic N) is 1. The van der Waals surface area contributed by atoms with Gasteiger partial charge in [-0.2, -0.15) is 0 Å². The van der Waals surface area contributed by atoms with Gasteiger partial charge in [0.15, 0.2) is 16.6 Å². The van der Waals surface area contributed by atoms with Gasteiger partial charge in [0.05, 0.1) is 19.4 Å². The Morgan fingerprint density at radius 1 is 1.00 bits per heavy atom. The molecule has 0 saturated carbocycles. The van der Waals surface area contributed by atoms with Crippen LogP contribution in [-0.4, -0.2) is 24.6 Å². The minimum absolute atomic E-state index is 0.258. The molecule has 1 N–H and O–H groups in total. The van der Waals surface area contributed by atoms with E-state index in [-0.39, 0.29) is 5.91 Å². The summed E-state index contributed by atoms with van der Waals surface area (Å²) < 4.78 is 17.0. The fourth-order valence-electron chi connectivity index (χ4n) is 3.75. The van der Waals surface area contributed by atoms with Crippen molar-refractivity contribution in [3.63, 3.8) is 0 Å². The van der Waals surface area contributed by atoms with Gasteiger partial charge in [0.2, 0.25) is 5.91 Å². The minimum atomic E-state index is -0.258. The number of ether oxygens (including phenoxy) is 3. The molecule has 0 aliphatic heterocycles. The standard InChI is InChI=1S/C30H30N2O4S/c1-5-35-25-14-12-23(13-15-25)29-21(3)37-30(32-29)31-28(33)17-11-22-10-16-26(27(18-22)34-4)36-19-24-9-7-6-8-20(24)2/h6-18H,5,19H2,1-4H3,(H,31,32,33)/b17-11+. The van der Waals surface area contributed by atoms with Gasteiger partial charge in [-0.3, -0.25) is 10.1 Å². The van der Waals surface area contributed by atoms with Crippen molar-refractivity contribution >= 4 is 28.5 Å². The van der Waals surface area contributed by atoms with E-state index in [1.807, 2.05) is 74.5 Å². The number of amides is 1. The Kier molecular flexibility index (Phi) is 8.59. The molecule has 0 saturated heterocycles. The van der Waals surface area contributed by atoms with Crippen LogP contribution in [0.15, 0.2) is 72.8 Å². The topological polar surface area (TPSA) is 69.7 Å². The number of rotatable bonds is 10. The van der Waals surface area contributed by atoms with E-state index in [9.17, 15) is 4.79 Å². The Hall–Kier alpha value is -4.10. The molecule has 0 radical (unpaired) electrons. The van der Waals surface area contributed by atoms with Gasteiger partial charge < -0.3 is 14.2 Å². The van der Waals surface area contributed by atoms with E-state index in [1.165, 1.54) is 23.0 Å². The summed E-state index contributed by atoms with van der Waals surface area (Å²) >= 11 is 1.44. The molecule has 37 heavy (non-hydrogen) atoms. The van der Waals surface area contributed by atoms with Crippen LogP contribution in [0, 0.1) is 13.8 Å². The Morgan fingerprint density at radius 3 is 2.51 bits per heavy atom. The molecule has 0 atom stereocenters. The van der Waals surface area contributed by atoms with Crippen molar-refractivity contribution in [2.24, 2.45) is 0 Å². The van der Waals surface area contributed by atoms with E-state index in [0.29, 0.717) is 29.8 Å². The lowest BCUT2D eigenvalue weighted by molar-refractivity contribution is -0.111. The summed E-state index contributed by atoms with van der Waals surface area (Å²) in [6, 6.07) is 21.5. The van der Waals surface area contributed by atoms with Crippen molar-refractivity contribution in [3.8, 4) is 28.5 Å². The maximum absolute atomic E-state index is 12.6. The highest BCUT2D eigenvalue weighted by Gasteiger charge is 2.12. The molecule has 0 bridgehead atoms. The van der Waals surface area contributed by atoms with E-state index in [4.69, 9.17) is 14.2 Å². The second-order valence-electron chi connectivity index (χ2n) is 8.33. The third-order valence-electron chi connectivity index (χ3n) is 5.72. The summed E-state index contributed by atoms with van der Waals surface area (Å²) in [4.78, 5) is 18.2. The molecule has 4 aromatic rings. The lowest BCUT2D eigenvalue weighted by Gasteiger charge is -2.12. The van der Waals surface area contributed by atoms with E-state index in [2.05, 4.69) is 23.3 Å². The lowest BCUT2D eigenvalue weighted by atomic mass is 10.1. The first-order valence-corrected chi connectivity index (χ1v) is 12.8. The molecule has 0 aliphatic rings. The molecule has 1 amide bonds. The first kappa shape index (κ1) is 26.0. The molecule has 7 heteroatoms. The number of carbonyl (C=O) groups is 1. The minimum Gasteiger partial charge on any atom is -0.494 e. The van der Waals surface area contributed by atoms with Crippen LogP contribution in [0.25, 0.3) is 17.3 Å². The van der Waals surface area contributed by atoms with Crippen molar-refractivity contribution in [1.29, 1.82) is 0 Å². The van der Waals surface area contributed by atoms with Gasteiger partial charge in [-0.1, -0.05) is 30.3 Å². The molecule has 1 heterocycles. The summed E-state index contributed by atoms with van der Waals surface area (Å²) in [6.45, 7) is 7.08. The molecule has 0 unspecified atom stereocenters. The molecule has 1 aromatic heterocycles. The summed E-state index contributed by atoms with van der Waals surface area (Å²) in [5, 5.41) is 3.41. The fraction of sp³-hybridized carbons (Fsp3) is 0.200. The second-order valence-corrected chi connectivity index (χ2v) is 9.53. The normalized spacial score (nSPS) is 10.9. The van der Waals surface area contributed by atoms with Gasteiger partial charge in [-0.25, -0.2) is 4.98 Å². The maximum atomic E-state index is 12.6. The Morgan fingerprint density at radius 2 is 1.78 bits per heavy atom. The predicted octanol–water partition coefficient (Wildman–Crippen LogP) is 7.07. The molecule has 4 rings (SSSR count). The summed E-state index contributed by atoms with van der Waals surface area (Å²) in [5.41, 5.74) is 4.94. The third-order valence-corrected chi connectivity index (χ3v) is 6.61. The summed E-state index contributed by atoms with van der Waals surface area (Å²) in [7, 11) is 1.60. The Labute approximate surface area is 221 Å². The van der Waals surface area contributed by atoms with Crippen molar-refractivity contribution in [2.75, 3.05) is 19.0 Å². The quantitative estimate of drug-likeness (QED) is 0.229. The number of benzene rings is 3. The summed E-state index contributed by atoms with van der Waals surface area (Å²) in [5.74, 6) is 1.81. The number of thiazole rings is 1. The van der Waals surface area contributed by atoms with Gasteiger partial charge in [-0.05, 0) is 79.9 Å². The van der Waals surface area contributed by atoms with Crippen LogP contribution in [0.1, 0.15) is 28.5 Å². The van der Waals surface area contributed by atoms with Crippen LogP contribution in [0.3, 0.4) is 0 Å². The number of hydrogen-bond acceptors (Lipinski definition) is 6. The monoisotopic (exact) mass is 514 g/mol. The average molecular weight is 515 g/mol. The SMILES string of the molecule is CCOc1ccc(-c2nc(NC(=O)/C=C/c3ccc(OCc4ccccc4C)c(OC)c3)sc2C)cc1. The van der Waals surface area contributed by atoms with Gasteiger partial charge in [-0.15, -0.1) is 11.3 Å². The van der Waals surface area contributed by atoms with Gasteiger partial charge >= 0.3 is 0 Å². The highest BCUT2D eigenvalue weighted by atomic mass is 32.1. The largest absolute Gasteiger partial charge is 0.494 e. The fourth-order valence-corrected chi connectivity index (χ4v) is 4.59. The van der Waals surface area contributed by atoms with E-state index < -0.39 is 0 Å². The zero-order valence-corrected chi connectivity index (χ0v) is 22.2. The Balaban J connectivity index is 1.39. The van der Waals surface area contributed by atoms with Gasteiger partial charge in [0.1, 0.15) is 12.4 Å². The maximum Gasteiger partial charge on any atom is 0.250 e. The van der Waals surface area contributed by atoms with Crippen molar-refractivity contribution in [1.82, 2.24) is 4.98 Å². The van der Waals surface area contributed by atoms with Crippen molar-refractivity contribution < 1.29 is 19.0 Å². The van der Waals surface area contributed by atoms with E-state index >= 15 is 0 Å². The number of hydrogen-bond donors (Lipinski definition) is 1. The van der Waals surface area contributed by atoms with Crippen LogP contribution in [-0.2, 0) is 11.4 Å². The highest BCUT2D eigenvalue weighted by Crippen LogP contribution is 2.32. The lowest BCUT2D eigenvalue weighted by Crippen LogP contribution is -2.07. The first-order valence-electron chi connectivity index (χ1n) is 12.0. The molecular formula is C30H30N2O4S. The number of aromatic nitrogens is 1. The smallest absolute Gasteiger partial charge is 0.250 e. The van der Waals surface area contributed by atoms with Crippen LogP contribution in [0.5, 0.6) is 17.2 Å². The third kappa shape index (κ3) is 6.77.